The minimum Gasteiger partial charge on any atom is -0.398 e. The highest BCUT2D eigenvalue weighted by Crippen LogP contribution is 2.49. The zero-order valence-corrected chi connectivity index (χ0v) is 16.7. The van der Waals surface area contributed by atoms with Crippen LogP contribution in [0.25, 0.3) is 0 Å². The topological polar surface area (TPSA) is 78.7 Å². The number of benzene rings is 2. The summed E-state index contributed by atoms with van der Waals surface area (Å²) in [7, 11) is 0. The lowest BCUT2D eigenvalue weighted by molar-refractivity contribution is -0.115. The number of hydrogen-bond acceptors (Lipinski definition) is 5. The highest BCUT2D eigenvalue weighted by molar-refractivity contribution is 6.03. The molecule has 0 unspecified atom stereocenters. The molecule has 30 heavy (non-hydrogen) atoms. The molecule has 0 aliphatic carbocycles. The molecular weight excluding hydrogens is 383 g/mol. The van der Waals surface area contributed by atoms with E-state index in [1.54, 1.807) is 0 Å². The largest absolute Gasteiger partial charge is 0.398 e. The lowest BCUT2D eigenvalue weighted by atomic mass is 9.89. The average Bonchev–Trinajstić information content (AvgIpc) is 3.02. The number of ketones is 1. The minimum absolute atomic E-state index is 0.0418. The Bertz CT molecular complexity index is 1020. The van der Waals surface area contributed by atoms with Crippen LogP contribution in [-0.2, 0) is 4.79 Å². The van der Waals surface area contributed by atoms with Crippen LogP contribution in [0.3, 0.4) is 0 Å². The molecule has 3 aliphatic rings. The van der Waals surface area contributed by atoms with Gasteiger partial charge in [0.05, 0.1) is 17.9 Å². The molecule has 3 N–H and O–H groups in total. The van der Waals surface area contributed by atoms with Gasteiger partial charge in [-0.05, 0) is 49.2 Å². The van der Waals surface area contributed by atoms with Crippen LogP contribution in [0, 0.1) is 5.82 Å². The Balaban J connectivity index is 1.22. The number of carbonyl (C=O) groups is 2. The number of anilines is 3. The van der Waals surface area contributed by atoms with Gasteiger partial charge in [-0.1, -0.05) is 12.1 Å². The molecule has 3 heterocycles. The normalized spacial score (nSPS) is 22.4. The van der Waals surface area contributed by atoms with Gasteiger partial charge in [-0.3, -0.25) is 9.59 Å². The standard InChI is InChI=1S/C23H25FN4O2/c24-14-6-7-16(18(25)11-14)21(29)5-2-9-27-10-8-20-17(12-27)15-3-1-4-19-23(15)28(20)13-22(30)26-19/h1,3-4,6-7,11,17,20H,2,5,8-10,12-13,25H2,(H,26,30)/t17-,20-/m0/s1. The summed E-state index contributed by atoms with van der Waals surface area (Å²) in [4.78, 5) is 29.2. The van der Waals surface area contributed by atoms with Gasteiger partial charge >= 0.3 is 0 Å². The predicted molar refractivity (Wildman–Crippen MR) is 114 cm³/mol. The maximum absolute atomic E-state index is 13.2. The van der Waals surface area contributed by atoms with Gasteiger partial charge in [-0.15, -0.1) is 0 Å². The first-order chi connectivity index (χ1) is 14.5. The molecule has 1 saturated heterocycles. The summed E-state index contributed by atoms with van der Waals surface area (Å²) in [6.45, 7) is 3.15. The smallest absolute Gasteiger partial charge is 0.243 e. The van der Waals surface area contributed by atoms with E-state index in [4.69, 9.17) is 5.73 Å². The number of nitrogens with one attached hydrogen (secondary N) is 1. The van der Waals surface area contributed by atoms with Crippen LogP contribution in [0.2, 0.25) is 0 Å². The second-order valence-electron chi connectivity index (χ2n) is 8.44. The zero-order chi connectivity index (χ0) is 20.8. The third kappa shape index (κ3) is 3.23. The molecule has 6 nitrogen and oxygen atoms in total. The Morgan fingerprint density at radius 3 is 2.97 bits per heavy atom. The van der Waals surface area contributed by atoms with Crippen LogP contribution in [-0.4, -0.2) is 48.8 Å². The minimum atomic E-state index is -0.429. The Morgan fingerprint density at radius 1 is 1.27 bits per heavy atom. The number of nitrogen functional groups attached to an aromatic ring is 1. The molecule has 0 aromatic heterocycles. The van der Waals surface area contributed by atoms with Crippen LogP contribution in [0.4, 0.5) is 21.5 Å². The fourth-order valence-electron chi connectivity index (χ4n) is 5.26. The molecule has 2 aromatic rings. The second-order valence-corrected chi connectivity index (χ2v) is 8.44. The first-order valence-corrected chi connectivity index (χ1v) is 10.5. The lowest BCUT2D eigenvalue weighted by Crippen LogP contribution is -2.49. The van der Waals surface area contributed by atoms with Crippen molar-refractivity contribution >= 4 is 28.8 Å². The number of carbonyl (C=O) groups excluding carboxylic acids is 2. The van der Waals surface area contributed by atoms with E-state index in [-0.39, 0.29) is 17.4 Å². The summed E-state index contributed by atoms with van der Waals surface area (Å²) < 4.78 is 13.2. The van der Waals surface area contributed by atoms with Crippen molar-refractivity contribution in [2.75, 3.05) is 42.1 Å². The van der Waals surface area contributed by atoms with Gasteiger partial charge in [0.25, 0.3) is 0 Å². The van der Waals surface area contributed by atoms with Crippen LogP contribution in [0.5, 0.6) is 0 Å². The summed E-state index contributed by atoms with van der Waals surface area (Å²) in [5, 5.41) is 3.00. The van der Waals surface area contributed by atoms with Crippen molar-refractivity contribution < 1.29 is 14.0 Å². The summed E-state index contributed by atoms with van der Waals surface area (Å²) in [5.74, 6) is -0.0344. The first kappa shape index (κ1) is 19.1. The average molecular weight is 408 g/mol. The zero-order valence-electron chi connectivity index (χ0n) is 16.7. The van der Waals surface area contributed by atoms with E-state index in [0.717, 1.165) is 38.2 Å². The van der Waals surface area contributed by atoms with E-state index in [2.05, 4.69) is 21.2 Å². The number of fused-ring (bicyclic) bond motifs is 3. The number of hydrogen-bond donors (Lipinski definition) is 2. The number of nitrogens with two attached hydrogens (primary N) is 1. The van der Waals surface area contributed by atoms with Gasteiger partial charge in [-0.2, -0.15) is 0 Å². The van der Waals surface area contributed by atoms with Gasteiger partial charge in [0.1, 0.15) is 5.82 Å². The van der Waals surface area contributed by atoms with Gasteiger partial charge < -0.3 is 20.9 Å². The maximum Gasteiger partial charge on any atom is 0.243 e. The van der Waals surface area contributed by atoms with Crippen molar-refractivity contribution in [2.24, 2.45) is 0 Å². The highest BCUT2D eigenvalue weighted by Gasteiger charge is 2.45. The number of rotatable bonds is 5. The first-order valence-electron chi connectivity index (χ1n) is 10.5. The van der Waals surface area contributed by atoms with Crippen LogP contribution in [0.1, 0.15) is 41.1 Å². The maximum atomic E-state index is 13.2. The highest BCUT2D eigenvalue weighted by atomic mass is 19.1. The van der Waals surface area contributed by atoms with Crippen molar-refractivity contribution in [1.29, 1.82) is 0 Å². The Kier molecular flexibility index (Phi) is 4.70. The number of piperidine rings is 1. The Labute approximate surface area is 174 Å². The molecule has 2 aromatic carbocycles. The van der Waals surface area contributed by atoms with Crippen molar-refractivity contribution in [3.05, 3.63) is 53.3 Å². The number of amides is 1. The third-order valence-electron chi connectivity index (χ3n) is 6.59. The molecule has 5 rings (SSSR count). The molecule has 0 radical (unpaired) electrons. The predicted octanol–water partition coefficient (Wildman–Crippen LogP) is 3.00. The van der Waals surface area contributed by atoms with Gasteiger partial charge in [0.2, 0.25) is 5.91 Å². The number of para-hydroxylation sites is 1. The lowest BCUT2D eigenvalue weighted by Gasteiger charge is -2.39. The van der Waals surface area contributed by atoms with Crippen molar-refractivity contribution in [2.45, 2.75) is 31.2 Å². The fourth-order valence-corrected chi connectivity index (χ4v) is 5.26. The summed E-state index contributed by atoms with van der Waals surface area (Å²) in [6.07, 6.45) is 2.14. The van der Waals surface area contributed by atoms with E-state index < -0.39 is 5.82 Å². The molecule has 0 saturated carbocycles. The molecular formula is C23H25FN4O2. The van der Waals surface area contributed by atoms with Gasteiger partial charge in [0.15, 0.2) is 5.78 Å². The van der Waals surface area contributed by atoms with Crippen LogP contribution >= 0.6 is 0 Å². The Hall–Kier alpha value is -2.93. The number of halogens is 1. The van der Waals surface area contributed by atoms with E-state index >= 15 is 0 Å². The van der Waals surface area contributed by atoms with E-state index in [9.17, 15) is 14.0 Å². The third-order valence-corrected chi connectivity index (χ3v) is 6.59. The molecule has 7 heteroatoms. The molecule has 2 atom stereocenters. The summed E-state index contributed by atoms with van der Waals surface area (Å²) in [6, 6.07) is 10.5. The molecule has 0 bridgehead atoms. The molecule has 1 fully saturated rings. The summed E-state index contributed by atoms with van der Waals surface area (Å²) in [5.41, 5.74) is 9.82. The van der Waals surface area contributed by atoms with Crippen molar-refractivity contribution in [3.8, 4) is 0 Å². The van der Waals surface area contributed by atoms with Gasteiger partial charge in [-0.25, -0.2) is 4.39 Å². The quantitative estimate of drug-likeness (QED) is 0.587. The molecule has 156 valence electrons. The SMILES string of the molecule is Nc1cc(F)ccc1C(=O)CCCN1CC[C@H]2[C@@H](C1)c1cccc3c1N2CC(=O)N3. The van der Waals surface area contributed by atoms with Crippen LogP contribution in [0.15, 0.2) is 36.4 Å². The number of nitrogens with zero attached hydrogens (tertiary/aromatic N) is 2. The van der Waals surface area contributed by atoms with E-state index in [1.807, 2.05) is 12.1 Å². The van der Waals surface area contributed by atoms with Crippen molar-refractivity contribution in [3.63, 3.8) is 0 Å². The second kappa shape index (κ2) is 7.40. The van der Waals surface area contributed by atoms with Crippen molar-refractivity contribution in [1.82, 2.24) is 4.90 Å². The number of Topliss-reactive ketones (excluding diaryl/α,β-unsaturated/α-hetero) is 1. The van der Waals surface area contributed by atoms with Crippen LogP contribution < -0.4 is 16.0 Å². The molecule has 1 amide bonds. The monoisotopic (exact) mass is 408 g/mol. The van der Waals surface area contributed by atoms with Gasteiger partial charge in [0, 0.05) is 42.7 Å². The molecule has 0 spiro atoms. The van der Waals surface area contributed by atoms with E-state index in [0.29, 0.717) is 30.5 Å². The number of likely N-dealkylation sites (tertiary alicyclic amines) is 1. The Morgan fingerprint density at radius 2 is 2.13 bits per heavy atom. The summed E-state index contributed by atoms with van der Waals surface area (Å²) >= 11 is 0. The van der Waals surface area contributed by atoms with E-state index in [1.165, 1.54) is 29.4 Å². The fraction of sp³-hybridized carbons (Fsp3) is 0.391. The molecule has 3 aliphatic heterocycles.